The number of rotatable bonds is 3. The minimum atomic E-state index is -3.59. The van der Waals surface area contributed by atoms with E-state index >= 15 is 0 Å². The van der Waals surface area contributed by atoms with Gasteiger partial charge in [-0.05, 0) is 51.0 Å². The Morgan fingerprint density at radius 3 is 2.33 bits per heavy atom. The van der Waals surface area contributed by atoms with Crippen LogP contribution in [0.4, 0.5) is 0 Å². The molecule has 0 aliphatic rings. The fourth-order valence-corrected chi connectivity index (χ4v) is 3.70. The van der Waals surface area contributed by atoms with Crippen LogP contribution in [0.15, 0.2) is 17.0 Å². The van der Waals surface area contributed by atoms with Gasteiger partial charge < -0.3 is 5.73 Å². The summed E-state index contributed by atoms with van der Waals surface area (Å²) in [5, 5.41) is 0.371. The zero-order valence-corrected chi connectivity index (χ0v) is 12.6. The predicted octanol–water partition coefficient (Wildman–Crippen LogP) is 2.18. The molecule has 6 heteroatoms. The molecule has 1 aromatic carbocycles. The van der Waals surface area contributed by atoms with Gasteiger partial charge in [-0.15, -0.1) is 0 Å². The lowest BCUT2D eigenvalue weighted by Crippen LogP contribution is -2.40. The topological polar surface area (TPSA) is 72.2 Å². The quantitative estimate of drug-likeness (QED) is 0.896. The molecule has 1 rings (SSSR count). The average Bonchev–Trinajstić information content (AvgIpc) is 2.17. The lowest BCUT2D eigenvalue weighted by Gasteiger charge is -2.22. The minimum absolute atomic E-state index is 0.186. The second-order valence-electron chi connectivity index (χ2n) is 5.25. The molecule has 0 bridgehead atoms. The van der Waals surface area contributed by atoms with E-state index in [4.69, 9.17) is 17.3 Å². The van der Waals surface area contributed by atoms with E-state index in [1.54, 1.807) is 33.8 Å². The Labute approximate surface area is 114 Å². The number of nitrogens with two attached hydrogens (primary N) is 1. The Hall–Kier alpha value is -0.620. The van der Waals surface area contributed by atoms with Gasteiger partial charge in [-0.25, -0.2) is 13.1 Å². The Morgan fingerprint density at radius 1 is 1.33 bits per heavy atom. The van der Waals surface area contributed by atoms with E-state index in [2.05, 4.69) is 4.72 Å². The van der Waals surface area contributed by atoms with Crippen LogP contribution in [0.1, 0.15) is 31.9 Å². The van der Waals surface area contributed by atoms with E-state index in [0.717, 1.165) is 5.56 Å². The zero-order chi connectivity index (χ0) is 14.1. The first kappa shape index (κ1) is 15.4. The maximum absolute atomic E-state index is 12.3. The molecule has 0 spiro atoms. The molecule has 0 atom stereocenters. The van der Waals surface area contributed by atoms with Gasteiger partial charge in [0.15, 0.2) is 0 Å². The van der Waals surface area contributed by atoms with Crippen LogP contribution in [0, 0.1) is 6.92 Å². The van der Waals surface area contributed by atoms with Crippen LogP contribution in [0.25, 0.3) is 0 Å². The molecule has 0 aromatic heterocycles. The third kappa shape index (κ3) is 3.68. The summed E-state index contributed by atoms with van der Waals surface area (Å²) >= 11 is 5.93. The molecule has 0 amide bonds. The van der Waals surface area contributed by atoms with Gasteiger partial charge >= 0.3 is 0 Å². The van der Waals surface area contributed by atoms with Crippen LogP contribution in [-0.4, -0.2) is 14.0 Å². The van der Waals surface area contributed by atoms with Crippen molar-refractivity contribution in [3.63, 3.8) is 0 Å². The molecule has 0 fully saturated rings. The van der Waals surface area contributed by atoms with Gasteiger partial charge in [0.1, 0.15) is 0 Å². The van der Waals surface area contributed by atoms with Crippen LogP contribution in [0.3, 0.4) is 0 Å². The maximum atomic E-state index is 12.3. The van der Waals surface area contributed by atoms with E-state index in [1.807, 2.05) is 0 Å². The SMILES string of the molecule is Cc1c(CN)cc(Cl)cc1S(=O)(=O)NC(C)(C)C. The van der Waals surface area contributed by atoms with Gasteiger partial charge in [-0.2, -0.15) is 0 Å². The van der Waals surface area contributed by atoms with E-state index < -0.39 is 15.6 Å². The summed E-state index contributed by atoms with van der Waals surface area (Å²) in [5.74, 6) is 0. The number of hydrogen-bond donors (Lipinski definition) is 2. The highest BCUT2D eigenvalue weighted by Crippen LogP contribution is 2.25. The monoisotopic (exact) mass is 290 g/mol. The molecule has 0 unspecified atom stereocenters. The maximum Gasteiger partial charge on any atom is 0.241 e. The second kappa shape index (κ2) is 5.17. The summed E-state index contributed by atoms with van der Waals surface area (Å²) in [6.45, 7) is 7.34. The van der Waals surface area contributed by atoms with Crippen molar-refractivity contribution >= 4 is 21.6 Å². The minimum Gasteiger partial charge on any atom is -0.326 e. The van der Waals surface area contributed by atoms with Crippen molar-refractivity contribution in [3.8, 4) is 0 Å². The summed E-state index contributed by atoms with van der Waals surface area (Å²) in [6.07, 6.45) is 0. The number of nitrogens with one attached hydrogen (secondary N) is 1. The largest absolute Gasteiger partial charge is 0.326 e. The molecule has 102 valence electrons. The van der Waals surface area contributed by atoms with E-state index in [0.29, 0.717) is 10.6 Å². The predicted molar refractivity (Wildman–Crippen MR) is 74.2 cm³/mol. The Kier molecular flexibility index (Phi) is 4.43. The van der Waals surface area contributed by atoms with Gasteiger partial charge in [0, 0.05) is 17.1 Å². The zero-order valence-electron chi connectivity index (χ0n) is 11.0. The first-order valence-electron chi connectivity index (χ1n) is 5.60. The average molecular weight is 291 g/mol. The van der Waals surface area contributed by atoms with Crippen LogP contribution in [0.2, 0.25) is 5.02 Å². The van der Waals surface area contributed by atoms with E-state index in [-0.39, 0.29) is 11.4 Å². The first-order valence-corrected chi connectivity index (χ1v) is 7.46. The summed E-state index contributed by atoms with van der Waals surface area (Å²) < 4.78 is 27.2. The highest BCUT2D eigenvalue weighted by molar-refractivity contribution is 7.89. The molecule has 0 radical (unpaired) electrons. The third-order valence-electron chi connectivity index (χ3n) is 2.38. The lowest BCUT2D eigenvalue weighted by atomic mass is 10.1. The van der Waals surface area contributed by atoms with Gasteiger partial charge in [-0.1, -0.05) is 11.6 Å². The van der Waals surface area contributed by atoms with Gasteiger partial charge in [0.2, 0.25) is 10.0 Å². The highest BCUT2D eigenvalue weighted by Gasteiger charge is 2.24. The van der Waals surface area contributed by atoms with E-state index in [1.165, 1.54) is 6.07 Å². The fourth-order valence-electron chi connectivity index (χ4n) is 1.66. The fraction of sp³-hybridized carbons (Fsp3) is 0.500. The smallest absolute Gasteiger partial charge is 0.241 e. The van der Waals surface area contributed by atoms with Crippen molar-refractivity contribution < 1.29 is 8.42 Å². The normalized spacial score (nSPS) is 12.8. The summed E-state index contributed by atoms with van der Waals surface area (Å²) in [5.41, 5.74) is 6.41. The standard InChI is InChI=1S/C12H19ClN2O2S/c1-8-9(7-14)5-10(13)6-11(8)18(16,17)15-12(2,3)4/h5-6,15H,7,14H2,1-4H3. The van der Waals surface area contributed by atoms with Crippen molar-refractivity contribution in [2.24, 2.45) is 5.73 Å². The summed E-state index contributed by atoms with van der Waals surface area (Å²) in [4.78, 5) is 0.186. The number of benzene rings is 1. The summed E-state index contributed by atoms with van der Waals surface area (Å²) in [6, 6.07) is 3.14. The highest BCUT2D eigenvalue weighted by atomic mass is 35.5. The molecular formula is C12H19ClN2O2S. The molecule has 0 aliphatic carbocycles. The van der Waals surface area contributed by atoms with Crippen molar-refractivity contribution in [1.29, 1.82) is 0 Å². The Bertz CT molecular complexity index is 548. The molecule has 0 aliphatic heterocycles. The molecular weight excluding hydrogens is 272 g/mol. The van der Waals surface area contributed by atoms with Gasteiger partial charge in [0.25, 0.3) is 0 Å². The molecule has 0 heterocycles. The van der Waals surface area contributed by atoms with Gasteiger partial charge in [-0.3, -0.25) is 0 Å². The van der Waals surface area contributed by atoms with Crippen molar-refractivity contribution in [3.05, 3.63) is 28.3 Å². The Balaban J connectivity index is 3.37. The summed E-state index contributed by atoms with van der Waals surface area (Å²) in [7, 11) is -3.59. The number of hydrogen-bond acceptors (Lipinski definition) is 3. The van der Waals surface area contributed by atoms with Crippen LogP contribution in [0.5, 0.6) is 0 Å². The van der Waals surface area contributed by atoms with Crippen LogP contribution >= 0.6 is 11.6 Å². The first-order chi connectivity index (χ1) is 8.07. The van der Waals surface area contributed by atoms with E-state index in [9.17, 15) is 8.42 Å². The molecule has 4 nitrogen and oxygen atoms in total. The molecule has 0 saturated heterocycles. The molecule has 1 aromatic rings. The van der Waals surface area contributed by atoms with Crippen LogP contribution in [-0.2, 0) is 16.6 Å². The van der Waals surface area contributed by atoms with Crippen molar-refractivity contribution in [2.45, 2.75) is 44.7 Å². The second-order valence-corrected chi connectivity index (χ2v) is 7.33. The molecule has 18 heavy (non-hydrogen) atoms. The third-order valence-corrected chi connectivity index (χ3v) is 4.48. The van der Waals surface area contributed by atoms with Crippen molar-refractivity contribution in [1.82, 2.24) is 4.72 Å². The lowest BCUT2D eigenvalue weighted by molar-refractivity contribution is 0.491. The number of sulfonamides is 1. The van der Waals surface area contributed by atoms with Crippen LogP contribution < -0.4 is 10.5 Å². The van der Waals surface area contributed by atoms with Gasteiger partial charge in [0.05, 0.1) is 4.90 Å². The molecule has 3 N–H and O–H groups in total. The Morgan fingerprint density at radius 2 is 1.89 bits per heavy atom. The van der Waals surface area contributed by atoms with Crippen molar-refractivity contribution in [2.75, 3.05) is 0 Å². The molecule has 0 saturated carbocycles. The number of halogens is 1.